The first kappa shape index (κ1) is 23.2. The van der Waals surface area contributed by atoms with Crippen molar-refractivity contribution in [3.8, 4) is 0 Å². The van der Waals surface area contributed by atoms with Crippen molar-refractivity contribution < 1.29 is 18.0 Å². The summed E-state index contributed by atoms with van der Waals surface area (Å²) in [7, 11) is -3.63. The van der Waals surface area contributed by atoms with E-state index < -0.39 is 10.0 Å². The van der Waals surface area contributed by atoms with Crippen molar-refractivity contribution in [2.24, 2.45) is 0 Å². The molecule has 0 unspecified atom stereocenters. The van der Waals surface area contributed by atoms with Gasteiger partial charge in [-0.3, -0.25) is 9.59 Å². The summed E-state index contributed by atoms with van der Waals surface area (Å²) in [5.41, 5.74) is 2.66. The average molecular weight is 452 g/mol. The molecule has 0 aliphatic rings. The van der Waals surface area contributed by atoms with Gasteiger partial charge in [-0.1, -0.05) is 24.3 Å². The van der Waals surface area contributed by atoms with Crippen LogP contribution in [-0.4, -0.2) is 26.3 Å². The van der Waals surface area contributed by atoms with Crippen LogP contribution in [0.5, 0.6) is 0 Å². The Bertz CT molecular complexity index is 1220. The molecule has 0 saturated carbocycles. The van der Waals surface area contributed by atoms with Gasteiger partial charge in [0.2, 0.25) is 10.0 Å². The van der Waals surface area contributed by atoms with Gasteiger partial charge in [0.05, 0.1) is 4.90 Å². The standard InChI is InChI=1S/C24H25N3O4S/c1-16(2)27-32(30,31)20-14-12-19(13-15-20)24(29)26-22-11-7-10-21(17(22)3)25-23(28)18-8-5-4-6-9-18/h4-16,27H,1-3H3,(H,25,28)(H,26,29). The van der Waals surface area contributed by atoms with Gasteiger partial charge in [0.15, 0.2) is 0 Å². The van der Waals surface area contributed by atoms with E-state index in [1.54, 1.807) is 63.2 Å². The molecule has 0 atom stereocenters. The Morgan fingerprint density at radius 2 is 1.22 bits per heavy atom. The summed E-state index contributed by atoms with van der Waals surface area (Å²) in [5, 5.41) is 5.67. The monoisotopic (exact) mass is 451 g/mol. The third-order valence-electron chi connectivity index (χ3n) is 4.68. The SMILES string of the molecule is Cc1c(NC(=O)c2ccccc2)cccc1NC(=O)c1ccc(S(=O)(=O)NC(C)C)cc1. The highest BCUT2D eigenvalue weighted by Gasteiger charge is 2.17. The second-order valence-corrected chi connectivity index (χ2v) is 9.27. The number of carbonyl (C=O) groups excluding carboxylic acids is 2. The van der Waals surface area contributed by atoms with Crippen molar-refractivity contribution in [3.05, 3.63) is 89.5 Å². The minimum Gasteiger partial charge on any atom is -0.322 e. The van der Waals surface area contributed by atoms with Crippen molar-refractivity contribution in [2.45, 2.75) is 31.7 Å². The maximum absolute atomic E-state index is 12.7. The first-order valence-electron chi connectivity index (χ1n) is 10.1. The molecule has 0 aromatic heterocycles. The van der Waals surface area contributed by atoms with Crippen LogP contribution in [0.3, 0.4) is 0 Å². The summed E-state index contributed by atoms with van der Waals surface area (Å²) < 4.78 is 27.0. The smallest absolute Gasteiger partial charge is 0.255 e. The Morgan fingerprint density at radius 1 is 0.719 bits per heavy atom. The van der Waals surface area contributed by atoms with Crippen LogP contribution < -0.4 is 15.4 Å². The van der Waals surface area contributed by atoms with Gasteiger partial charge in [-0.15, -0.1) is 0 Å². The molecule has 3 aromatic rings. The number of sulfonamides is 1. The lowest BCUT2D eigenvalue weighted by Gasteiger charge is -2.14. The zero-order valence-electron chi connectivity index (χ0n) is 18.0. The van der Waals surface area contributed by atoms with Gasteiger partial charge >= 0.3 is 0 Å². The predicted molar refractivity (Wildman–Crippen MR) is 125 cm³/mol. The van der Waals surface area contributed by atoms with Crippen molar-refractivity contribution >= 4 is 33.2 Å². The van der Waals surface area contributed by atoms with Crippen LogP contribution >= 0.6 is 0 Å². The maximum atomic E-state index is 12.7. The molecule has 0 fully saturated rings. The molecule has 7 nitrogen and oxygen atoms in total. The van der Waals surface area contributed by atoms with E-state index in [9.17, 15) is 18.0 Å². The molecule has 2 amide bonds. The number of carbonyl (C=O) groups is 2. The molecule has 3 N–H and O–H groups in total. The molecule has 3 aromatic carbocycles. The van der Waals surface area contributed by atoms with Crippen LogP contribution in [0.4, 0.5) is 11.4 Å². The van der Waals surface area contributed by atoms with E-state index in [0.29, 0.717) is 28.1 Å². The molecule has 0 aliphatic heterocycles. The molecular weight excluding hydrogens is 426 g/mol. The van der Waals surface area contributed by atoms with Crippen molar-refractivity contribution in [3.63, 3.8) is 0 Å². The lowest BCUT2D eigenvalue weighted by molar-refractivity contribution is 0.101. The summed E-state index contributed by atoms with van der Waals surface area (Å²) in [5.74, 6) is -0.635. The third-order valence-corrected chi connectivity index (χ3v) is 6.36. The van der Waals surface area contributed by atoms with Crippen LogP contribution in [0.1, 0.15) is 40.1 Å². The Labute approximate surface area is 187 Å². The summed E-state index contributed by atoms with van der Waals surface area (Å²) >= 11 is 0. The highest BCUT2D eigenvalue weighted by atomic mass is 32.2. The second kappa shape index (κ2) is 9.76. The minimum atomic E-state index is -3.63. The topological polar surface area (TPSA) is 104 Å². The van der Waals surface area contributed by atoms with E-state index in [1.807, 2.05) is 6.07 Å². The predicted octanol–water partition coefficient (Wildman–Crippen LogP) is 4.19. The van der Waals surface area contributed by atoms with Crippen LogP contribution in [0.25, 0.3) is 0 Å². The van der Waals surface area contributed by atoms with Gasteiger partial charge in [0.25, 0.3) is 11.8 Å². The van der Waals surface area contributed by atoms with E-state index >= 15 is 0 Å². The number of benzene rings is 3. The number of amides is 2. The fraction of sp³-hybridized carbons (Fsp3) is 0.167. The van der Waals surface area contributed by atoms with Gasteiger partial charge < -0.3 is 10.6 Å². The van der Waals surface area contributed by atoms with Crippen molar-refractivity contribution in [2.75, 3.05) is 10.6 Å². The first-order chi connectivity index (χ1) is 15.2. The molecular formula is C24H25N3O4S. The minimum absolute atomic E-state index is 0.0875. The summed E-state index contributed by atoms with van der Waals surface area (Å²) in [4.78, 5) is 25.2. The van der Waals surface area contributed by atoms with E-state index in [2.05, 4.69) is 15.4 Å². The highest BCUT2D eigenvalue weighted by Crippen LogP contribution is 2.24. The van der Waals surface area contributed by atoms with E-state index in [4.69, 9.17) is 0 Å². The Kier molecular flexibility index (Phi) is 7.07. The zero-order valence-corrected chi connectivity index (χ0v) is 18.9. The molecule has 0 bridgehead atoms. The molecule has 0 heterocycles. The summed E-state index contributed by atoms with van der Waals surface area (Å²) in [6.07, 6.45) is 0. The van der Waals surface area contributed by atoms with Gasteiger partial charge in [-0.2, -0.15) is 0 Å². The normalized spacial score (nSPS) is 11.2. The maximum Gasteiger partial charge on any atom is 0.255 e. The largest absolute Gasteiger partial charge is 0.322 e. The molecule has 32 heavy (non-hydrogen) atoms. The van der Waals surface area contributed by atoms with Gasteiger partial charge in [-0.25, -0.2) is 13.1 Å². The summed E-state index contributed by atoms with van der Waals surface area (Å²) in [6.45, 7) is 5.26. The number of hydrogen-bond donors (Lipinski definition) is 3. The Morgan fingerprint density at radius 3 is 1.72 bits per heavy atom. The van der Waals surface area contributed by atoms with Gasteiger partial charge in [-0.05, 0) is 74.9 Å². The Balaban J connectivity index is 1.74. The molecule has 0 spiro atoms. The summed E-state index contributed by atoms with van der Waals surface area (Å²) in [6, 6.07) is 19.5. The van der Waals surface area contributed by atoms with E-state index in [-0.39, 0.29) is 22.8 Å². The number of rotatable bonds is 7. The van der Waals surface area contributed by atoms with E-state index in [1.165, 1.54) is 24.3 Å². The van der Waals surface area contributed by atoms with Crippen molar-refractivity contribution in [1.82, 2.24) is 4.72 Å². The molecule has 3 rings (SSSR count). The second-order valence-electron chi connectivity index (χ2n) is 7.55. The number of hydrogen-bond acceptors (Lipinski definition) is 4. The fourth-order valence-electron chi connectivity index (χ4n) is 3.05. The molecule has 0 radical (unpaired) electrons. The number of nitrogens with one attached hydrogen (secondary N) is 3. The zero-order chi connectivity index (χ0) is 23.3. The highest BCUT2D eigenvalue weighted by molar-refractivity contribution is 7.89. The molecule has 0 aliphatic carbocycles. The van der Waals surface area contributed by atoms with Gasteiger partial charge in [0, 0.05) is 28.5 Å². The number of anilines is 2. The molecule has 0 saturated heterocycles. The van der Waals surface area contributed by atoms with Crippen LogP contribution in [0.15, 0.2) is 77.7 Å². The fourth-order valence-corrected chi connectivity index (χ4v) is 4.30. The molecule has 8 heteroatoms. The lowest BCUT2D eigenvalue weighted by Crippen LogP contribution is -2.30. The lowest BCUT2D eigenvalue weighted by atomic mass is 10.1. The molecule has 166 valence electrons. The Hall–Kier alpha value is -3.49. The van der Waals surface area contributed by atoms with Crippen LogP contribution in [0, 0.1) is 6.92 Å². The van der Waals surface area contributed by atoms with Gasteiger partial charge in [0.1, 0.15) is 0 Å². The van der Waals surface area contributed by atoms with E-state index in [0.717, 1.165) is 0 Å². The third kappa shape index (κ3) is 5.60. The van der Waals surface area contributed by atoms with Crippen LogP contribution in [0.2, 0.25) is 0 Å². The quantitative estimate of drug-likeness (QED) is 0.501. The first-order valence-corrected chi connectivity index (χ1v) is 11.6. The average Bonchev–Trinajstić information content (AvgIpc) is 2.76. The van der Waals surface area contributed by atoms with Crippen molar-refractivity contribution in [1.29, 1.82) is 0 Å². The van der Waals surface area contributed by atoms with Crippen LogP contribution in [-0.2, 0) is 10.0 Å².